The molecule has 0 aliphatic carbocycles. The molecule has 0 fully saturated rings. The number of Topliss-reactive ketones (excluding diaryl/α,β-unsaturated/α-hetero) is 1. The third-order valence-corrected chi connectivity index (χ3v) is 2.80. The molecule has 0 unspecified atom stereocenters. The zero-order valence-electron chi connectivity index (χ0n) is 10.8. The van der Waals surface area contributed by atoms with Gasteiger partial charge in [0, 0.05) is 12.1 Å². The molecule has 94 valence electrons. The minimum absolute atomic E-state index is 0.0539. The van der Waals surface area contributed by atoms with Crippen molar-refractivity contribution in [1.82, 2.24) is 5.32 Å². The standard InChI is InChI=1S/C14H21NO2/c1-10(2)12-5-4-11(3)13(8-12)14(17)9-15-6-7-16/h4-5,8,10,15-16H,6-7,9H2,1-3H3. The van der Waals surface area contributed by atoms with E-state index in [0.717, 1.165) is 11.1 Å². The number of carbonyl (C=O) groups excluding carboxylic acids is 1. The molecule has 17 heavy (non-hydrogen) atoms. The molecule has 0 heterocycles. The van der Waals surface area contributed by atoms with E-state index in [2.05, 4.69) is 25.2 Å². The van der Waals surface area contributed by atoms with E-state index in [1.54, 1.807) is 0 Å². The number of hydrogen-bond donors (Lipinski definition) is 2. The van der Waals surface area contributed by atoms with E-state index in [9.17, 15) is 4.79 Å². The average Bonchev–Trinajstić information content (AvgIpc) is 2.29. The first kappa shape index (κ1) is 13.9. The summed E-state index contributed by atoms with van der Waals surface area (Å²) in [5, 5.41) is 11.6. The van der Waals surface area contributed by atoms with Crippen LogP contribution in [0.1, 0.15) is 41.3 Å². The van der Waals surface area contributed by atoms with Gasteiger partial charge in [-0.25, -0.2) is 0 Å². The van der Waals surface area contributed by atoms with E-state index in [1.807, 2.05) is 19.1 Å². The van der Waals surface area contributed by atoms with Crippen molar-refractivity contribution in [3.05, 3.63) is 34.9 Å². The minimum Gasteiger partial charge on any atom is -0.395 e. The van der Waals surface area contributed by atoms with Gasteiger partial charge in [0.15, 0.2) is 5.78 Å². The number of benzene rings is 1. The molecule has 0 amide bonds. The molecule has 0 saturated carbocycles. The lowest BCUT2D eigenvalue weighted by molar-refractivity contribution is 0.0989. The van der Waals surface area contributed by atoms with Crippen LogP contribution in [0.2, 0.25) is 0 Å². The quantitative estimate of drug-likeness (QED) is 0.584. The van der Waals surface area contributed by atoms with Gasteiger partial charge in [0.1, 0.15) is 0 Å². The lowest BCUT2D eigenvalue weighted by Gasteiger charge is -2.10. The van der Waals surface area contributed by atoms with Crippen molar-refractivity contribution in [1.29, 1.82) is 0 Å². The maximum atomic E-state index is 12.0. The van der Waals surface area contributed by atoms with E-state index >= 15 is 0 Å². The van der Waals surface area contributed by atoms with Gasteiger partial charge in [-0.05, 0) is 30.0 Å². The summed E-state index contributed by atoms with van der Waals surface area (Å²) in [6.45, 7) is 6.96. The van der Waals surface area contributed by atoms with Crippen molar-refractivity contribution >= 4 is 5.78 Å². The largest absolute Gasteiger partial charge is 0.395 e. The van der Waals surface area contributed by atoms with Gasteiger partial charge in [-0.1, -0.05) is 26.0 Å². The smallest absolute Gasteiger partial charge is 0.176 e. The molecular weight excluding hydrogens is 214 g/mol. The fraction of sp³-hybridized carbons (Fsp3) is 0.500. The van der Waals surface area contributed by atoms with E-state index < -0.39 is 0 Å². The molecule has 0 atom stereocenters. The van der Waals surface area contributed by atoms with Crippen molar-refractivity contribution in [2.75, 3.05) is 19.7 Å². The van der Waals surface area contributed by atoms with E-state index in [0.29, 0.717) is 12.5 Å². The summed E-state index contributed by atoms with van der Waals surface area (Å²) in [6.07, 6.45) is 0. The lowest BCUT2D eigenvalue weighted by atomic mass is 9.96. The van der Waals surface area contributed by atoms with Gasteiger partial charge in [0.25, 0.3) is 0 Å². The number of aliphatic hydroxyl groups excluding tert-OH is 1. The Balaban J connectivity index is 2.81. The normalized spacial score (nSPS) is 10.9. The Hall–Kier alpha value is -1.19. The summed E-state index contributed by atoms with van der Waals surface area (Å²) in [7, 11) is 0. The predicted molar refractivity (Wildman–Crippen MR) is 69.6 cm³/mol. The van der Waals surface area contributed by atoms with Crippen LogP contribution in [0.25, 0.3) is 0 Å². The first-order chi connectivity index (χ1) is 8.06. The van der Waals surface area contributed by atoms with Crippen LogP contribution >= 0.6 is 0 Å². The third kappa shape index (κ3) is 3.95. The second kappa shape index (κ2) is 6.52. The number of aryl methyl sites for hydroxylation is 1. The summed E-state index contributed by atoms with van der Waals surface area (Å²) in [5.74, 6) is 0.506. The van der Waals surface area contributed by atoms with Gasteiger partial charge in [-0.2, -0.15) is 0 Å². The molecule has 0 saturated heterocycles. The number of nitrogens with one attached hydrogen (secondary N) is 1. The molecule has 3 heteroatoms. The van der Waals surface area contributed by atoms with Crippen molar-refractivity contribution in [2.45, 2.75) is 26.7 Å². The van der Waals surface area contributed by atoms with Crippen LogP contribution in [0.15, 0.2) is 18.2 Å². The van der Waals surface area contributed by atoms with Crippen molar-refractivity contribution in [2.24, 2.45) is 0 Å². The van der Waals surface area contributed by atoms with Crippen LogP contribution in [-0.4, -0.2) is 30.6 Å². The van der Waals surface area contributed by atoms with Crippen molar-refractivity contribution < 1.29 is 9.90 Å². The van der Waals surface area contributed by atoms with Crippen LogP contribution in [-0.2, 0) is 0 Å². The molecule has 1 aromatic carbocycles. The van der Waals surface area contributed by atoms with Gasteiger partial charge < -0.3 is 10.4 Å². The molecule has 0 radical (unpaired) electrons. The molecule has 2 N–H and O–H groups in total. The summed E-state index contributed by atoms with van der Waals surface area (Å²) < 4.78 is 0. The first-order valence-electron chi connectivity index (χ1n) is 6.01. The molecule has 3 nitrogen and oxygen atoms in total. The highest BCUT2D eigenvalue weighted by molar-refractivity contribution is 5.99. The second-order valence-corrected chi connectivity index (χ2v) is 4.55. The summed E-state index contributed by atoms with van der Waals surface area (Å²) in [5.41, 5.74) is 2.97. The highest BCUT2D eigenvalue weighted by atomic mass is 16.3. The average molecular weight is 235 g/mol. The van der Waals surface area contributed by atoms with Gasteiger partial charge in [0.05, 0.1) is 13.2 Å². The van der Waals surface area contributed by atoms with E-state index in [-0.39, 0.29) is 18.9 Å². The Bertz CT molecular complexity index is 386. The molecule has 0 aliphatic heterocycles. The second-order valence-electron chi connectivity index (χ2n) is 4.55. The number of ketones is 1. The van der Waals surface area contributed by atoms with Gasteiger partial charge >= 0.3 is 0 Å². The monoisotopic (exact) mass is 235 g/mol. The molecule has 0 spiro atoms. The first-order valence-corrected chi connectivity index (χ1v) is 6.01. The summed E-state index contributed by atoms with van der Waals surface area (Å²) in [4.78, 5) is 12.0. The van der Waals surface area contributed by atoms with Crippen LogP contribution in [0.5, 0.6) is 0 Å². The Morgan fingerprint density at radius 2 is 2.12 bits per heavy atom. The molecule has 0 aliphatic rings. The summed E-state index contributed by atoms with van der Waals surface area (Å²) >= 11 is 0. The fourth-order valence-corrected chi connectivity index (χ4v) is 1.68. The third-order valence-electron chi connectivity index (χ3n) is 2.80. The Labute approximate surface area is 103 Å². The van der Waals surface area contributed by atoms with E-state index in [1.165, 1.54) is 5.56 Å². The predicted octanol–water partition coefficient (Wildman–Crippen LogP) is 1.88. The Morgan fingerprint density at radius 1 is 1.41 bits per heavy atom. The number of aliphatic hydroxyl groups is 1. The number of hydrogen-bond acceptors (Lipinski definition) is 3. The van der Waals surface area contributed by atoms with Crippen LogP contribution in [0.4, 0.5) is 0 Å². The maximum absolute atomic E-state index is 12.0. The van der Waals surface area contributed by atoms with Gasteiger partial charge in [-0.15, -0.1) is 0 Å². The van der Waals surface area contributed by atoms with Gasteiger partial charge in [0.2, 0.25) is 0 Å². The molecule has 1 rings (SSSR count). The SMILES string of the molecule is Cc1ccc(C(C)C)cc1C(=O)CNCCO. The topological polar surface area (TPSA) is 49.3 Å². The van der Waals surface area contributed by atoms with Crippen LogP contribution < -0.4 is 5.32 Å². The minimum atomic E-state index is 0.0539. The number of carbonyl (C=O) groups is 1. The van der Waals surface area contributed by atoms with E-state index in [4.69, 9.17) is 5.11 Å². The van der Waals surface area contributed by atoms with Gasteiger partial charge in [-0.3, -0.25) is 4.79 Å². The molecular formula is C14H21NO2. The highest BCUT2D eigenvalue weighted by Gasteiger charge is 2.10. The van der Waals surface area contributed by atoms with Crippen LogP contribution in [0, 0.1) is 6.92 Å². The molecule has 1 aromatic rings. The van der Waals surface area contributed by atoms with Crippen LogP contribution in [0.3, 0.4) is 0 Å². The zero-order chi connectivity index (χ0) is 12.8. The summed E-state index contributed by atoms with van der Waals surface area (Å²) in [6, 6.07) is 6.04. The Kier molecular flexibility index (Phi) is 5.32. The maximum Gasteiger partial charge on any atom is 0.176 e. The molecule has 0 aromatic heterocycles. The fourth-order valence-electron chi connectivity index (χ4n) is 1.68. The zero-order valence-corrected chi connectivity index (χ0v) is 10.8. The molecule has 0 bridgehead atoms. The Morgan fingerprint density at radius 3 is 2.71 bits per heavy atom. The number of rotatable bonds is 6. The van der Waals surface area contributed by atoms with Crippen molar-refractivity contribution in [3.63, 3.8) is 0 Å². The highest BCUT2D eigenvalue weighted by Crippen LogP contribution is 2.18. The van der Waals surface area contributed by atoms with Crippen molar-refractivity contribution in [3.8, 4) is 0 Å². The lowest BCUT2D eigenvalue weighted by Crippen LogP contribution is -2.26.